The molecule has 8 nitrogen and oxygen atoms in total. The molecule has 1 heterocycles. The Morgan fingerprint density at radius 1 is 1.03 bits per heavy atom. The lowest BCUT2D eigenvalue weighted by Gasteiger charge is -2.28. The van der Waals surface area contributed by atoms with E-state index in [1.54, 1.807) is 24.3 Å². The number of nitro groups is 1. The minimum Gasteiger partial charge on any atom is -0.322 e. The van der Waals surface area contributed by atoms with Gasteiger partial charge in [0.15, 0.2) is 0 Å². The van der Waals surface area contributed by atoms with Crippen LogP contribution in [0.25, 0.3) is 0 Å². The summed E-state index contributed by atoms with van der Waals surface area (Å²) in [5, 5.41) is 11.0. The van der Waals surface area contributed by atoms with Gasteiger partial charge < -0.3 is 4.90 Å². The lowest BCUT2D eigenvalue weighted by atomic mass is 10.1. The molecule has 10 heteroatoms. The maximum absolute atomic E-state index is 13.4. The fourth-order valence-electron chi connectivity index (χ4n) is 3.72. The molecule has 1 aliphatic rings. The molecule has 34 heavy (non-hydrogen) atoms. The number of benzene rings is 3. The molecule has 1 aliphatic heterocycles. The molecule has 4 rings (SSSR count). The summed E-state index contributed by atoms with van der Waals surface area (Å²) in [6.07, 6.45) is -0.227. The number of halogens is 2. The molecule has 3 aromatic rings. The second-order valence-electron chi connectivity index (χ2n) is 7.63. The quantitative estimate of drug-likeness (QED) is 0.268. The summed E-state index contributed by atoms with van der Waals surface area (Å²) in [6, 6.07) is 16.0. The van der Waals surface area contributed by atoms with Crippen molar-refractivity contribution >= 4 is 45.0 Å². The van der Waals surface area contributed by atoms with Gasteiger partial charge in [0.1, 0.15) is 11.9 Å². The third kappa shape index (κ3) is 4.72. The molecule has 3 amide bonds. The van der Waals surface area contributed by atoms with Crippen molar-refractivity contribution in [1.29, 1.82) is 0 Å². The Kier molecular flexibility index (Phi) is 6.51. The van der Waals surface area contributed by atoms with Crippen LogP contribution >= 0.6 is 15.9 Å². The van der Waals surface area contributed by atoms with Crippen LogP contribution < -0.4 is 4.90 Å². The average molecular weight is 526 g/mol. The van der Waals surface area contributed by atoms with Crippen LogP contribution in [0.5, 0.6) is 0 Å². The van der Waals surface area contributed by atoms with Crippen LogP contribution in [0.2, 0.25) is 0 Å². The minimum atomic E-state index is -1.09. The largest absolute Gasteiger partial charge is 0.322 e. The summed E-state index contributed by atoms with van der Waals surface area (Å²) < 4.78 is 14.2. The summed E-state index contributed by atoms with van der Waals surface area (Å²) in [7, 11) is 0. The van der Waals surface area contributed by atoms with Crippen LogP contribution in [-0.2, 0) is 16.1 Å². The molecule has 0 N–H and O–H groups in total. The molecule has 1 atom stereocenters. The molecular weight excluding hydrogens is 509 g/mol. The summed E-state index contributed by atoms with van der Waals surface area (Å²) >= 11 is 3.31. The molecule has 172 valence electrons. The van der Waals surface area contributed by atoms with Crippen molar-refractivity contribution in [2.24, 2.45) is 0 Å². The number of carbonyl (C=O) groups is 3. The number of amides is 3. The van der Waals surface area contributed by atoms with E-state index in [-0.39, 0.29) is 24.2 Å². The van der Waals surface area contributed by atoms with Gasteiger partial charge in [-0.2, -0.15) is 0 Å². The molecule has 0 radical (unpaired) electrons. The highest BCUT2D eigenvalue weighted by Crippen LogP contribution is 2.29. The maximum Gasteiger partial charge on any atom is 0.269 e. The molecule has 0 spiro atoms. The van der Waals surface area contributed by atoms with Gasteiger partial charge in [-0.25, -0.2) is 9.29 Å². The van der Waals surface area contributed by atoms with Crippen molar-refractivity contribution in [3.63, 3.8) is 0 Å². The van der Waals surface area contributed by atoms with Crippen LogP contribution in [0.1, 0.15) is 22.3 Å². The third-order valence-corrected chi connectivity index (χ3v) is 5.96. The van der Waals surface area contributed by atoms with E-state index in [0.29, 0.717) is 11.3 Å². The van der Waals surface area contributed by atoms with E-state index in [9.17, 15) is 28.9 Å². The molecule has 1 saturated heterocycles. The van der Waals surface area contributed by atoms with Gasteiger partial charge in [0.25, 0.3) is 17.5 Å². The average Bonchev–Trinajstić information content (AvgIpc) is 3.12. The van der Waals surface area contributed by atoms with Gasteiger partial charge >= 0.3 is 0 Å². The first-order valence-electron chi connectivity index (χ1n) is 10.2. The van der Waals surface area contributed by atoms with E-state index in [2.05, 4.69) is 15.9 Å². The molecular formula is C24H17BrFN3O5. The Morgan fingerprint density at radius 3 is 2.24 bits per heavy atom. The van der Waals surface area contributed by atoms with Crippen molar-refractivity contribution < 1.29 is 23.7 Å². The molecule has 0 saturated carbocycles. The Labute approximate surface area is 201 Å². The topological polar surface area (TPSA) is 101 Å². The van der Waals surface area contributed by atoms with Crippen molar-refractivity contribution in [2.75, 3.05) is 4.90 Å². The fraction of sp³-hybridized carbons (Fsp3) is 0.125. The van der Waals surface area contributed by atoms with Gasteiger partial charge in [-0.05, 0) is 54.1 Å². The Hall–Kier alpha value is -3.92. The lowest BCUT2D eigenvalue weighted by molar-refractivity contribution is -0.384. The van der Waals surface area contributed by atoms with Gasteiger partial charge in [0.05, 0.1) is 17.0 Å². The van der Waals surface area contributed by atoms with Gasteiger partial charge in [-0.3, -0.25) is 24.5 Å². The van der Waals surface area contributed by atoms with Gasteiger partial charge in [-0.15, -0.1) is 0 Å². The zero-order chi connectivity index (χ0) is 24.4. The summed E-state index contributed by atoms with van der Waals surface area (Å²) in [6.45, 7) is -0.0615. The zero-order valence-electron chi connectivity index (χ0n) is 17.6. The van der Waals surface area contributed by atoms with Crippen LogP contribution in [-0.4, -0.2) is 33.6 Å². The van der Waals surface area contributed by atoms with Crippen molar-refractivity contribution in [1.82, 2.24) is 4.90 Å². The van der Waals surface area contributed by atoms with Crippen LogP contribution in [0.4, 0.5) is 15.8 Å². The number of anilines is 1. The SMILES string of the molecule is O=C1CC(N(Cc2ccc(F)cc2)C(=O)c2ccc([N+](=O)[O-])cc2)C(=O)N1c1ccc(Br)cc1. The van der Waals surface area contributed by atoms with E-state index < -0.39 is 34.5 Å². The lowest BCUT2D eigenvalue weighted by Crippen LogP contribution is -2.45. The van der Waals surface area contributed by atoms with E-state index >= 15 is 0 Å². The monoisotopic (exact) mass is 525 g/mol. The molecule has 0 aromatic heterocycles. The maximum atomic E-state index is 13.4. The summed E-state index contributed by atoms with van der Waals surface area (Å²) in [4.78, 5) is 52.2. The molecule has 1 unspecified atom stereocenters. The normalized spacial score (nSPS) is 15.5. The van der Waals surface area contributed by atoms with Gasteiger partial charge in [-0.1, -0.05) is 28.1 Å². The fourth-order valence-corrected chi connectivity index (χ4v) is 3.99. The summed E-state index contributed by atoms with van der Waals surface area (Å²) in [5.41, 5.74) is 0.870. The highest BCUT2D eigenvalue weighted by Gasteiger charge is 2.44. The number of rotatable bonds is 6. The highest BCUT2D eigenvalue weighted by molar-refractivity contribution is 9.10. The van der Waals surface area contributed by atoms with E-state index in [1.165, 1.54) is 53.4 Å². The number of non-ortho nitro benzene ring substituents is 1. The van der Waals surface area contributed by atoms with E-state index in [0.717, 1.165) is 9.37 Å². The van der Waals surface area contributed by atoms with Crippen LogP contribution in [0.15, 0.2) is 77.3 Å². The highest BCUT2D eigenvalue weighted by atomic mass is 79.9. The Bertz CT molecular complexity index is 1260. The van der Waals surface area contributed by atoms with Crippen LogP contribution in [0, 0.1) is 15.9 Å². The molecule has 1 fully saturated rings. The van der Waals surface area contributed by atoms with Crippen LogP contribution in [0.3, 0.4) is 0 Å². The minimum absolute atomic E-state index is 0.0615. The predicted octanol–water partition coefficient (Wildman–Crippen LogP) is 4.47. The first-order chi connectivity index (χ1) is 16.2. The molecule has 3 aromatic carbocycles. The van der Waals surface area contributed by atoms with Gasteiger partial charge in [0, 0.05) is 28.7 Å². The number of hydrogen-bond acceptors (Lipinski definition) is 5. The van der Waals surface area contributed by atoms with Gasteiger partial charge in [0.2, 0.25) is 5.91 Å². The first kappa shape index (κ1) is 23.2. The van der Waals surface area contributed by atoms with Crippen molar-refractivity contribution in [3.8, 4) is 0 Å². The number of nitrogens with zero attached hydrogens (tertiary/aromatic N) is 3. The number of hydrogen-bond donors (Lipinski definition) is 0. The zero-order valence-corrected chi connectivity index (χ0v) is 19.1. The molecule has 0 bridgehead atoms. The number of carbonyl (C=O) groups excluding carboxylic acids is 3. The van der Waals surface area contributed by atoms with E-state index in [4.69, 9.17) is 0 Å². The smallest absolute Gasteiger partial charge is 0.269 e. The second kappa shape index (κ2) is 9.52. The second-order valence-corrected chi connectivity index (χ2v) is 8.54. The predicted molar refractivity (Wildman–Crippen MR) is 124 cm³/mol. The standard InChI is InChI=1S/C24H17BrFN3O5/c25-17-5-11-19(12-6-17)28-22(30)13-21(24(28)32)27(14-15-1-7-18(26)8-2-15)23(31)16-3-9-20(10-4-16)29(33)34/h1-12,21H,13-14H2. The summed E-state index contributed by atoms with van der Waals surface area (Å²) in [5.74, 6) is -2.06. The first-order valence-corrected chi connectivity index (χ1v) is 11.0. The Morgan fingerprint density at radius 2 is 1.65 bits per heavy atom. The van der Waals surface area contributed by atoms with Crippen molar-refractivity contribution in [3.05, 3.63) is 104 Å². The third-order valence-electron chi connectivity index (χ3n) is 5.44. The Balaban J connectivity index is 1.68. The van der Waals surface area contributed by atoms with Crippen molar-refractivity contribution in [2.45, 2.75) is 19.0 Å². The molecule has 0 aliphatic carbocycles. The number of nitro benzene ring substituents is 1. The van der Waals surface area contributed by atoms with E-state index in [1.807, 2.05) is 0 Å². The number of imide groups is 1.